The Balaban J connectivity index is 1.47. The molecular weight excluding hydrogens is 316 g/mol. The Kier molecular flexibility index (Phi) is 4.39. The zero-order valence-corrected chi connectivity index (χ0v) is 13.8. The number of para-hydroxylation sites is 1. The maximum atomic E-state index is 12.6. The van der Waals surface area contributed by atoms with Crippen LogP contribution in [-0.2, 0) is 4.74 Å². The van der Waals surface area contributed by atoms with Gasteiger partial charge in [-0.3, -0.25) is 4.79 Å². The summed E-state index contributed by atoms with van der Waals surface area (Å²) in [4.78, 5) is 15.8. The van der Waals surface area contributed by atoms with Crippen molar-refractivity contribution in [2.24, 2.45) is 0 Å². The summed E-state index contributed by atoms with van der Waals surface area (Å²) in [5.74, 6) is 0.690. The zero-order chi connectivity index (χ0) is 17.1. The average molecular weight is 336 g/mol. The Labute approximate surface area is 146 Å². The number of rotatable bonds is 4. The summed E-state index contributed by atoms with van der Waals surface area (Å²) >= 11 is 0. The molecule has 2 atom stereocenters. The van der Waals surface area contributed by atoms with Crippen LogP contribution < -0.4 is 10.1 Å². The largest absolute Gasteiger partial charge is 0.488 e. The molecule has 1 fully saturated rings. The number of H-pyrrole nitrogens is 1. The smallest absolute Gasteiger partial charge is 0.251 e. The molecule has 0 radical (unpaired) electrons. The van der Waals surface area contributed by atoms with E-state index in [0.717, 1.165) is 23.1 Å². The fourth-order valence-electron chi connectivity index (χ4n) is 3.11. The van der Waals surface area contributed by atoms with Crippen LogP contribution in [0.15, 0.2) is 60.8 Å². The Morgan fingerprint density at radius 2 is 2.04 bits per heavy atom. The van der Waals surface area contributed by atoms with Gasteiger partial charge in [0.1, 0.15) is 11.9 Å². The van der Waals surface area contributed by atoms with E-state index in [9.17, 15) is 4.79 Å². The van der Waals surface area contributed by atoms with Crippen LogP contribution in [0, 0.1) is 0 Å². The van der Waals surface area contributed by atoms with E-state index < -0.39 is 0 Å². The fraction of sp³-hybridized carbons (Fsp3) is 0.250. The molecule has 128 valence electrons. The average Bonchev–Trinajstić information content (AvgIpc) is 3.12. The number of carbonyl (C=O) groups is 1. The highest BCUT2D eigenvalue weighted by molar-refractivity contribution is 5.98. The Hall–Kier alpha value is -2.79. The minimum Gasteiger partial charge on any atom is -0.488 e. The summed E-state index contributed by atoms with van der Waals surface area (Å²) in [6.45, 7) is 1.09. The van der Waals surface area contributed by atoms with E-state index in [1.54, 1.807) is 0 Å². The number of hydrogen-bond acceptors (Lipinski definition) is 3. The first-order chi connectivity index (χ1) is 12.3. The Bertz CT molecular complexity index is 860. The van der Waals surface area contributed by atoms with Gasteiger partial charge in [-0.25, -0.2) is 0 Å². The van der Waals surface area contributed by atoms with Crippen LogP contribution in [0.1, 0.15) is 16.8 Å². The third-order valence-electron chi connectivity index (χ3n) is 4.46. The highest BCUT2D eigenvalue weighted by Gasteiger charge is 2.29. The van der Waals surface area contributed by atoms with Crippen molar-refractivity contribution in [3.8, 4) is 5.75 Å². The molecule has 1 aliphatic rings. The van der Waals surface area contributed by atoms with Gasteiger partial charge in [0.2, 0.25) is 0 Å². The third kappa shape index (κ3) is 3.51. The number of fused-ring (bicyclic) bond motifs is 1. The van der Waals surface area contributed by atoms with Crippen molar-refractivity contribution in [2.75, 3.05) is 13.2 Å². The van der Waals surface area contributed by atoms with Crippen LogP contribution in [0.3, 0.4) is 0 Å². The van der Waals surface area contributed by atoms with Crippen molar-refractivity contribution in [1.82, 2.24) is 10.3 Å². The predicted octanol–water partition coefficient (Wildman–Crippen LogP) is 3.13. The molecule has 1 amide bonds. The molecule has 0 saturated carbocycles. The highest BCUT2D eigenvalue weighted by Crippen LogP contribution is 2.19. The van der Waals surface area contributed by atoms with Gasteiger partial charge in [-0.05, 0) is 35.7 Å². The minimum atomic E-state index is -0.180. The lowest BCUT2D eigenvalue weighted by atomic mass is 10.1. The molecule has 2 aromatic carbocycles. The number of amides is 1. The minimum absolute atomic E-state index is 0.102. The van der Waals surface area contributed by atoms with Crippen molar-refractivity contribution in [3.63, 3.8) is 0 Å². The molecule has 3 aromatic rings. The Morgan fingerprint density at radius 1 is 1.16 bits per heavy atom. The molecular formula is C20H20N2O3. The number of aromatic nitrogens is 1. The lowest BCUT2D eigenvalue weighted by Crippen LogP contribution is -2.51. The maximum absolute atomic E-state index is 12.6. The number of benzene rings is 2. The van der Waals surface area contributed by atoms with Gasteiger partial charge in [-0.2, -0.15) is 0 Å². The summed E-state index contributed by atoms with van der Waals surface area (Å²) < 4.78 is 11.6. The van der Waals surface area contributed by atoms with Crippen LogP contribution in [-0.4, -0.2) is 36.3 Å². The first-order valence-electron chi connectivity index (χ1n) is 8.47. The molecule has 5 heteroatoms. The molecule has 0 aliphatic carbocycles. The first kappa shape index (κ1) is 15.7. The van der Waals surface area contributed by atoms with E-state index in [1.807, 2.05) is 60.8 Å². The Morgan fingerprint density at radius 3 is 2.92 bits per heavy atom. The summed E-state index contributed by atoms with van der Waals surface area (Å²) in [5, 5.41) is 4.15. The predicted molar refractivity (Wildman–Crippen MR) is 95.8 cm³/mol. The van der Waals surface area contributed by atoms with Crippen molar-refractivity contribution in [3.05, 3.63) is 66.4 Å². The maximum Gasteiger partial charge on any atom is 0.251 e. The molecule has 25 heavy (non-hydrogen) atoms. The standard InChI is InChI=1S/C20H20N2O3/c23-20(15-7-6-14-8-10-21-17(14)12-15)22-18-13-24-11-9-19(18)25-16-4-2-1-3-5-16/h1-8,10,12,18-19,21H,9,11,13H2,(H,22,23)/t18-,19+/m1/s1. The summed E-state index contributed by atoms with van der Waals surface area (Å²) in [6, 6.07) is 17.1. The van der Waals surface area contributed by atoms with E-state index in [4.69, 9.17) is 9.47 Å². The molecule has 1 aliphatic heterocycles. The van der Waals surface area contributed by atoms with Gasteiger partial charge in [0.05, 0.1) is 19.3 Å². The molecule has 2 heterocycles. The normalized spacial score (nSPS) is 20.3. The summed E-state index contributed by atoms with van der Waals surface area (Å²) in [6.07, 6.45) is 2.51. The fourth-order valence-corrected chi connectivity index (χ4v) is 3.11. The number of hydrogen-bond donors (Lipinski definition) is 2. The second kappa shape index (κ2) is 6.99. The van der Waals surface area contributed by atoms with Crippen molar-refractivity contribution < 1.29 is 14.3 Å². The first-order valence-corrected chi connectivity index (χ1v) is 8.47. The molecule has 1 aromatic heterocycles. The van der Waals surface area contributed by atoms with Gasteiger partial charge >= 0.3 is 0 Å². The van der Waals surface area contributed by atoms with E-state index >= 15 is 0 Å². The molecule has 4 rings (SSSR count). The van der Waals surface area contributed by atoms with E-state index in [-0.39, 0.29) is 18.1 Å². The monoisotopic (exact) mass is 336 g/mol. The molecule has 2 N–H and O–H groups in total. The van der Waals surface area contributed by atoms with Gasteiger partial charge in [-0.15, -0.1) is 0 Å². The van der Waals surface area contributed by atoms with Crippen LogP contribution in [0.2, 0.25) is 0 Å². The number of ether oxygens (including phenoxy) is 2. The number of aromatic amines is 1. The SMILES string of the molecule is O=C(N[C@@H]1COCC[C@@H]1Oc1ccccc1)c1ccc2cc[nH]c2c1. The van der Waals surface area contributed by atoms with Crippen molar-refractivity contribution in [2.45, 2.75) is 18.6 Å². The number of nitrogens with one attached hydrogen (secondary N) is 2. The van der Waals surface area contributed by atoms with Gasteiger partial charge in [0, 0.05) is 23.7 Å². The third-order valence-corrected chi connectivity index (χ3v) is 4.46. The van der Waals surface area contributed by atoms with Crippen molar-refractivity contribution >= 4 is 16.8 Å². The summed E-state index contributed by atoms with van der Waals surface area (Å²) in [7, 11) is 0. The quantitative estimate of drug-likeness (QED) is 0.769. The summed E-state index contributed by atoms with van der Waals surface area (Å²) in [5.41, 5.74) is 1.57. The van der Waals surface area contributed by atoms with E-state index in [1.165, 1.54) is 0 Å². The van der Waals surface area contributed by atoms with Gasteiger partial charge in [-0.1, -0.05) is 24.3 Å². The lowest BCUT2D eigenvalue weighted by Gasteiger charge is -2.32. The van der Waals surface area contributed by atoms with Crippen molar-refractivity contribution in [1.29, 1.82) is 0 Å². The van der Waals surface area contributed by atoms with Gasteiger partial charge in [0.15, 0.2) is 0 Å². The molecule has 5 nitrogen and oxygen atoms in total. The second-order valence-corrected chi connectivity index (χ2v) is 6.19. The molecule has 0 spiro atoms. The second-order valence-electron chi connectivity index (χ2n) is 6.19. The molecule has 1 saturated heterocycles. The molecule has 0 bridgehead atoms. The number of carbonyl (C=O) groups excluding carboxylic acids is 1. The van der Waals surface area contributed by atoms with Gasteiger partial charge < -0.3 is 19.8 Å². The topological polar surface area (TPSA) is 63.4 Å². The zero-order valence-electron chi connectivity index (χ0n) is 13.8. The van der Waals surface area contributed by atoms with E-state index in [0.29, 0.717) is 18.8 Å². The van der Waals surface area contributed by atoms with Crippen LogP contribution in [0.25, 0.3) is 10.9 Å². The van der Waals surface area contributed by atoms with Crippen LogP contribution in [0.5, 0.6) is 5.75 Å². The van der Waals surface area contributed by atoms with Gasteiger partial charge in [0.25, 0.3) is 5.91 Å². The van der Waals surface area contributed by atoms with Crippen LogP contribution >= 0.6 is 0 Å². The highest BCUT2D eigenvalue weighted by atomic mass is 16.5. The van der Waals surface area contributed by atoms with E-state index in [2.05, 4.69) is 10.3 Å². The van der Waals surface area contributed by atoms with Crippen LogP contribution in [0.4, 0.5) is 0 Å². The lowest BCUT2D eigenvalue weighted by molar-refractivity contribution is -0.00288. The molecule has 0 unspecified atom stereocenters.